The molecular weight excluding hydrogens is 793 g/mol. The van der Waals surface area contributed by atoms with Gasteiger partial charge in [0.05, 0.1) is 0 Å². The SMILES string of the molecule is CC/C=C\C/C=C\C/C=C\CCCCCCCCCCCC(=O)OCC(COC(=O)CCCCCCCCCCCCC)OC(=O)CCCCCCCC/C=C\C/C=C\C/C=C\CC. The van der Waals surface area contributed by atoms with Crippen LogP contribution < -0.4 is 0 Å². The van der Waals surface area contributed by atoms with Gasteiger partial charge in [-0.15, -0.1) is 0 Å². The van der Waals surface area contributed by atoms with E-state index in [0.29, 0.717) is 19.3 Å². The summed E-state index contributed by atoms with van der Waals surface area (Å²) in [4.78, 5) is 38.0. The number of carbonyl (C=O) groups is 3. The number of hydrogen-bond acceptors (Lipinski definition) is 6. The molecule has 0 aromatic heterocycles. The van der Waals surface area contributed by atoms with E-state index >= 15 is 0 Å². The second kappa shape index (κ2) is 52.5. The molecule has 0 fully saturated rings. The van der Waals surface area contributed by atoms with Gasteiger partial charge in [-0.25, -0.2) is 0 Å². The molecule has 1 atom stereocenters. The van der Waals surface area contributed by atoms with E-state index in [9.17, 15) is 14.4 Å². The van der Waals surface area contributed by atoms with Gasteiger partial charge < -0.3 is 14.2 Å². The van der Waals surface area contributed by atoms with E-state index in [1.807, 2.05) is 0 Å². The zero-order valence-corrected chi connectivity index (χ0v) is 42.0. The number of ether oxygens (including phenoxy) is 3. The lowest BCUT2D eigenvalue weighted by Gasteiger charge is -2.18. The maximum Gasteiger partial charge on any atom is 0.306 e. The molecule has 0 radical (unpaired) electrons. The van der Waals surface area contributed by atoms with Crippen LogP contribution in [0.5, 0.6) is 0 Å². The lowest BCUT2D eigenvalue weighted by molar-refractivity contribution is -0.167. The average molecular weight is 893 g/mol. The van der Waals surface area contributed by atoms with Crippen molar-refractivity contribution in [3.63, 3.8) is 0 Å². The zero-order chi connectivity index (χ0) is 46.5. The van der Waals surface area contributed by atoms with E-state index in [0.717, 1.165) is 109 Å². The van der Waals surface area contributed by atoms with Crippen LogP contribution in [0, 0.1) is 0 Å². The van der Waals surface area contributed by atoms with Gasteiger partial charge in [0.2, 0.25) is 0 Å². The minimum Gasteiger partial charge on any atom is -0.462 e. The van der Waals surface area contributed by atoms with Gasteiger partial charge in [0, 0.05) is 19.3 Å². The van der Waals surface area contributed by atoms with Crippen LogP contribution in [0.3, 0.4) is 0 Å². The third-order valence-electron chi connectivity index (χ3n) is 11.5. The van der Waals surface area contributed by atoms with Crippen molar-refractivity contribution in [3.05, 3.63) is 72.9 Å². The number of carbonyl (C=O) groups excluding carboxylic acids is 3. The van der Waals surface area contributed by atoms with Gasteiger partial charge in [0.15, 0.2) is 6.10 Å². The summed E-state index contributed by atoms with van der Waals surface area (Å²) in [5, 5.41) is 0. The largest absolute Gasteiger partial charge is 0.462 e. The Balaban J connectivity index is 4.36. The normalized spacial score (nSPS) is 12.6. The summed E-state index contributed by atoms with van der Waals surface area (Å²) in [5.74, 6) is -0.895. The molecular formula is C58H100O6. The Morgan fingerprint density at radius 1 is 0.328 bits per heavy atom. The van der Waals surface area contributed by atoms with E-state index < -0.39 is 6.10 Å². The molecule has 368 valence electrons. The summed E-state index contributed by atoms with van der Waals surface area (Å²) in [7, 11) is 0. The van der Waals surface area contributed by atoms with Crippen LogP contribution in [0.15, 0.2) is 72.9 Å². The molecule has 0 N–H and O–H groups in total. The van der Waals surface area contributed by atoms with Gasteiger partial charge >= 0.3 is 17.9 Å². The maximum absolute atomic E-state index is 12.8. The third kappa shape index (κ3) is 49.9. The molecule has 0 amide bonds. The molecule has 0 bridgehead atoms. The second-order valence-electron chi connectivity index (χ2n) is 17.7. The first-order valence-corrected chi connectivity index (χ1v) is 26.9. The van der Waals surface area contributed by atoms with Crippen molar-refractivity contribution in [2.75, 3.05) is 13.2 Å². The molecule has 0 heterocycles. The van der Waals surface area contributed by atoms with E-state index in [1.165, 1.54) is 109 Å². The third-order valence-corrected chi connectivity index (χ3v) is 11.5. The first kappa shape index (κ1) is 60.9. The minimum absolute atomic E-state index is 0.0807. The molecule has 1 unspecified atom stereocenters. The molecule has 64 heavy (non-hydrogen) atoms. The van der Waals surface area contributed by atoms with Crippen molar-refractivity contribution in [2.24, 2.45) is 0 Å². The smallest absolute Gasteiger partial charge is 0.306 e. The average Bonchev–Trinajstić information content (AvgIpc) is 3.29. The molecule has 0 spiro atoms. The van der Waals surface area contributed by atoms with E-state index in [4.69, 9.17) is 14.2 Å². The first-order valence-electron chi connectivity index (χ1n) is 26.9. The number of rotatable bonds is 48. The Morgan fingerprint density at radius 3 is 0.953 bits per heavy atom. The lowest BCUT2D eigenvalue weighted by Crippen LogP contribution is -2.30. The summed E-state index contributed by atoms with van der Waals surface area (Å²) in [6.07, 6.45) is 66.0. The van der Waals surface area contributed by atoms with Gasteiger partial charge in [0.25, 0.3) is 0 Å². The Hall–Kier alpha value is -3.15. The number of hydrogen-bond donors (Lipinski definition) is 0. The molecule has 0 saturated carbocycles. The standard InChI is InChI=1S/C58H100O6/c1-4-7-10-13-16-19-22-24-26-28-29-30-32-33-36-39-42-45-48-51-57(60)63-54-55(53-62-56(59)50-47-44-41-38-35-21-18-15-12-9-6-3)64-58(61)52-49-46-43-40-37-34-31-27-25-23-20-17-14-11-8-5-2/h7-8,10-11,16-17,19-20,24-27,55H,4-6,9,12-15,18,21-23,28-54H2,1-3H3/b10-7-,11-8-,19-16-,20-17-,26-24-,27-25-. The van der Waals surface area contributed by atoms with Crippen molar-refractivity contribution in [3.8, 4) is 0 Å². The number of allylic oxidation sites excluding steroid dienone is 12. The highest BCUT2D eigenvalue weighted by Crippen LogP contribution is 2.15. The van der Waals surface area contributed by atoms with Crippen LogP contribution in [0.25, 0.3) is 0 Å². The highest BCUT2D eigenvalue weighted by Gasteiger charge is 2.19. The molecule has 0 aromatic carbocycles. The Labute approximate surface area is 395 Å². The van der Waals surface area contributed by atoms with Crippen molar-refractivity contribution >= 4 is 17.9 Å². The molecule has 6 nitrogen and oxygen atoms in total. The predicted octanol–water partition coefficient (Wildman–Crippen LogP) is 17.8. The summed E-state index contributed by atoms with van der Waals surface area (Å²) in [5.41, 5.74) is 0. The van der Waals surface area contributed by atoms with Crippen molar-refractivity contribution in [1.29, 1.82) is 0 Å². The Bertz CT molecular complexity index is 1210. The van der Waals surface area contributed by atoms with Gasteiger partial charge in [-0.3, -0.25) is 14.4 Å². The van der Waals surface area contributed by atoms with Crippen LogP contribution in [0.2, 0.25) is 0 Å². The van der Waals surface area contributed by atoms with E-state index in [1.54, 1.807) is 0 Å². The van der Waals surface area contributed by atoms with Gasteiger partial charge in [-0.05, 0) is 83.5 Å². The van der Waals surface area contributed by atoms with Crippen molar-refractivity contribution < 1.29 is 28.6 Å². The molecule has 6 heteroatoms. The van der Waals surface area contributed by atoms with Crippen LogP contribution in [0.1, 0.15) is 258 Å². The predicted molar refractivity (Wildman–Crippen MR) is 274 cm³/mol. The Kier molecular flexibility index (Phi) is 49.9. The summed E-state index contributed by atoms with van der Waals surface area (Å²) in [6.45, 7) is 6.41. The van der Waals surface area contributed by atoms with E-state index in [-0.39, 0.29) is 31.1 Å². The lowest BCUT2D eigenvalue weighted by atomic mass is 10.1. The maximum atomic E-state index is 12.8. The summed E-state index contributed by atoms with van der Waals surface area (Å²) >= 11 is 0. The monoisotopic (exact) mass is 893 g/mol. The molecule has 0 aromatic rings. The fraction of sp³-hybridized carbons (Fsp3) is 0.741. The summed E-state index contributed by atoms with van der Waals surface area (Å²) < 4.78 is 16.8. The van der Waals surface area contributed by atoms with E-state index in [2.05, 4.69) is 93.7 Å². The zero-order valence-electron chi connectivity index (χ0n) is 42.0. The molecule has 0 aliphatic rings. The fourth-order valence-corrected chi connectivity index (χ4v) is 7.47. The minimum atomic E-state index is -0.782. The first-order chi connectivity index (χ1) is 31.5. The van der Waals surface area contributed by atoms with Crippen LogP contribution in [-0.4, -0.2) is 37.2 Å². The number of esters is 3. The van der Waals surface area contributed by atoms with Crippen LogP contribution in [-0.2, 0) is 28.6 Å². The van der Waals surface area contributed by atoms with Crippen molar-refractivity contribution in [1.82, 2.24) is 0 Å². The van der Waals surface area contributed by atoms with Gasteiger partial charge in [0.1, 0.15) is 13.2 Å². The van der Waals surface area contributed by atoms with Crippen LogP contribution >= 0.6 is 0 Å². The van der Waals surface area contributed by atoms with Gasteiger partial charge in [-0.2, -0.15) is 0 Å². The molecule has 0 aliphatic heterocycles. The second-order valence-corrected chi connectivity index (χ2v) is 17.7. The summed E-state index contributed by atoms with van der Waals surface area (Å²) in [6, 6.07) is 0. The van der Waals surface area contributed by atoms with Gasteiger partial charge in [-0.1, -0.05) is 229 Å². The van der Waals surface area contributed by atoms with Crippen LogP contribution in [0.4, 0.5) is 0 Å². The number of unbranched alkanes of at least 4 members (excludes halogenated alkanes) is 25. The highest BCUT2D eigenvalue weighted by atomic mass is 16.6. The molecule has 0 aliphatic carbocycles. The highest BCUT2D eigenvalue weighted by molar-refractivity contribution is 5.71. The van der Waals surface area contributed by atoms with Crippen molar-refractivity contribution in [2.45, 2.75) is 264 Å². The quantitative estimate of drug-likeness (QED) is 0.0262. The fourth-order valence-electron chi connectivity index (χ4n) is 7.47. The topological polar surface area (TPSA) is 78.9 Å². The molecule has 0 saturated heterocycles. The Morgan fingerprint density at radius 2 is 0.609 bits per heavy atom. The molecule has 0 rings (SSSR count).